The molecule has 1 saturated heterocycles. The zero-order chi connectivity index (χ0) is 24.8. The number of halogens is 1. The molecule has 0 atom stereocenters. The number of rotatable bonds is 8. The van der Waals surface area contributed by atoms with Crippen LogP contribution in [0.3, 0.4) is 0 Å². The predicted octanol–water partition coefficient (Wildman–Crippen LogP) is 4.30. The number of benzene rings is 2. The van der Waals surface area contributed by atoms with Gasteiger partial charge in [0.2, 0.25) is 5.91 Å². The summed E-state index contributed by atoms with van der Waals surface area (Å²) in [6, 6.07) is 8.80. The lowest BCUT2D eigenvalue weighted by Crippen LogP contribution is -2.36. The van der Waals surface area contributed by atoms with Crippen LogP contribution in [0.5, 0.6) is 11.5 Å². The van der Waals surface area contributed by atoms with E-state index < -0.39 is 29.6 Å². The van der Waals surface area contributed by atoms with Gasteiger partial charge in [0.05, 0.1) is 28.7 Å². The minimum absolute atomic E-state index is 0.0444. The lowest BCUT2D eigenvalue weighted by molar-refractivity contribution is -0.127. The van der Waals surface area contributed by atoms with Crippen LogP contribution in [-0.2, 0) is 14.3 Å². The summed E-state index contributed by atoms with van der Waals surface area (Å²) in [5.74, 6) is -1.69. The molecule has 34 heavy (non-hydrogen) atoms. The Morgan fingerprint density at radius 3 is 2.62 bits per heavy atom. The molecule has 178 valence electrons. The summed E-state index contributed by atoms with van der Waals surface area (Å²) in [7, 11) is 0. The molecule has 1 aliphatic rings. The second-order valence-electron chi connectivity index (χ2n) is 6.89. The van der Waals surface area contributed by atoms with Gasteiger partial charge in [0, 0.05) is 5.69 Å². The fraction of sp³-hybridized carbons (Fsp3) is 0.217. The molecule has 0 bridgehead atoms. The Balaban J connectivity index is 1.70. The van der Waals surface area contributed by atoms with Crippen molar-refractivity contribution in [3.05, 3.63) is 57.5 Å². The molecule has 0 radical (unpaired) electrons. The van der Waals surface area contributed by atoms with Crippen LogP contribution in [0.2, 0.25) is 5.02 Å². The number of thioether (sulfide) groups is 1. The van der Waals surface area contributed by atoms with Gasteiger partial charge in [-0.2, -0.15) is 0 Å². The lowest BCUT2D eigenvalue weighted by atomic mass is 10.2. The number of nitrogens with zero attached hydrogens (tertiary/aromatic N) is 1. The maximum Gasteiger partial charge on any atom is 0.339 e. The topological polar surface area (TPSA) is 122 Å². The normalized spacial score (nSPS) is 14.4. The number of imide groups is 1. The van der Waals surface area contributed by atoms with Crippen LogP contribution < -0.4 is 10.1 Å². The molecule has 2 aromatic rings. The zero-order valence-corrected chi connectivity index (χ0v) is 19.9. The van der Waals surface area contributed by atoms with Crippen molar-refractivity contribution < 1.29 is 33.8 Å². The van der Waals surface area contributed by atoms with Gasteiger partial charge in [-0.15, -0.1) is 0 Å². The third-order valence-corrected chi connectivity index (χ3v) is 5.74. The number of amides is 3. The first kappa shape index (κ1) is 25.1. The number of esters is 1. The molecule has 0 saturated carbocycles. The van der Waals surface area contributed by atoms with Crippen molar-refractivity contribution in [2.45, 2.75) is 13.8 Å². The molecule has 0 aliphatic carbocycles. The Bertz CT molecular complexity index is 1180. The zero-order valence-electron chi connectivity index (χ0n) is 18.3. The molecule has 3 amide bonds. The van der Waals surface area contributed by atoms with Crippen molar-refractivity contribution in [1.29, 1.82) is 0 Å². The lowest BCUT2D eigenvalue weighted by Gasteiger charge is -2.13. The first-order valence-electron chi connectivity index (χ1n) is 10.2. The quantitative estimate of drug-likeness (QED) is 0.403. The monoisotopic (exact) mass is 504 g/mol. The van der Waals surface area contributed by atoms with Gasteiger partial charge in [-0.25, -0.2) is 4.79 Å². The highest BCUT2D eigenvalue weighted by molar-refractivity contribution is 8.18. The van der Waals surface area contributed by atoms with Crippen molar-refractivity contribution in [3.8, 4) is 11.5 Å². The number of carbonyl (C=O) groups is 4. The molecule has 1 fully saturated rings. The van der Waals surface area contributed by atoms with E-state index in [0.29, 0.717) is 23.9 Å². The number of nitrogens with one attached hydrogen (secondary N) is 1. The summed E-state index contributed by atoms with van der Waals surface area (Å²) >= 11 is 6.71. The van der Waals surface area contributed by atoms with Crippen LogP contribution in [0.25, 0.3) is 6.08 Å². The molecule has 1 heterocycles. The highest BCUT2D eigenvalue weighted by Gasteiger charge is 2.36. The van der Waals surface area contributed by atoms with E-state index in [9.17, 15) is 24.3 Å². The Labute approximate surface area is 204 Å². The number of anilines is 1. The smallest absolute Gasteiger partial charge is 0.339 e. The molecule has 3 rings (SSSR count). The van der Waals surface area contributed by atoms with Crippen LogP contribution in [0, 0.1) is 0 Å². The van der Waals surface area contributed by atoms with Gasteiger partial charge in [-0.1, -0.05) is 17.7 Å². The maximum absolute atomic E-state index is 12.7. The molecule has 2 N–H and O–H groups in total. The number of carbonyl (C=O) groups excluding carboxylic acids is 4. The van der Waals surface area contributed by atoms with E-state index >= 15 is 0 Å². The summed E-state index contributed by atoms with van der Waals surface area (Å²) in [5, 5.41) is 11.9. The van der Waals surface area contributed by atoms with Crippen molar-refractivity contribution in [3.63, 3.8) is 0 Å². The third-order valence-electron chi connectivity index (χ3n) is 4.50. The Morgan fingerprint density at radius 1 is 1.15 bits per heavy atom. The molecular formula is C23H21ClN2O7S. The van der Waals surface area contributed by atoms with Gasteiger partial charge in [-0.05, 0) is 67.6 Å². The summed E-state index contributed by atoms with van der Waals surface area (Å²) in [6.07, 6.45) is 1.48. The maximum atomic E-state index is 12.7. The van der Waals surface area contributed by atoms with Gasteiger partial charge in [0.15, 0.2) is 11.5 Å². The summed E-state index contributed by atoms with van der Waals surface area (Å²) in [5.41, 5.74) is 0.882. The number of hydrogen-bond donors (Lipinski definition) is 2. The molecule has 0 spiro atoms. The largest absolute Gasteiger partial charge is 0.504 e. The van der Waals surface area contributed by atoms with Crippen LogP contribution in [0.4, 0.5) is 10.5 Å². The average Bonchev–Trinajstić information content (AvgIpc) is 3.05. The van der Waals surface area contributed by atoms with E-state index in [1.165, 1.54) is 30.3 Å². The van der Waals surface area contributed by atoms with Crippen molar-refractivity contribution in [1.82, 2.24) is 4.90 Å². The second-order valence-corrected chi connectivity index (χ2v) is 8.29. The minimum Gasteiger partial charge on any atom is -0.504 e. The molecule has 0 unspecified atom stereocenters. The minimum atomic E-state index is -0.638. The number of phenolic OH excluding ortho intramolecular Hbond substituents is 1. The van der Waals surface area contributed by atoms with Crippen LogP contribution in [0.15, 0.2) is 41.3 Å². The number of ether oxygens (including phenoxy) is 2. The van der Waals surface area contributed by atoms with Crippen LogP contribution in [0.1, 0.15) is 29.8 Å². The highest BCUT2D eigenvalue weighted by Crippen LogP contribution is 2.34. The summed E-state index contributed by atoms with van der Waals surface area (Å²) in [6.45, 7) is 3.41. The van der Waals surface area contributed by atoms with E-state index in [1.54, 1.807) is 26.0 Å². The van der Waals surface area contributed by atoms with Crippen LogP contribution in [-0.4, -0.2) is 52.8 Å². The highest BCUT2D eigenvalue weighted by atomic mass is 35.5. The Morgan fingerprint density at radius 2 is 1.91 bits per heavy atom. The van der Waals surface area contributed by atoms with Gasteiger partial charge < -0.3 is 19.9 Å². The summed E-state index contributed by atoms with van der Waals surface area (Å²) in [4.78, 5) is 50.5. The van der Waals surface area contributed by atoms with E-state index in [0.717, 1.165) is 4.90 Å². The molecule has 1 aliphatic heterocycles. The summed E-state index contributed by atoms with van der Waals surface area (Å²) < 4.78 is 10.3. The van der Waals surface area contributed by atoms with Gasteiger partial charge in [0.1, 0.15) is 6.54 Å². The van der Waals surface area contributed by atoms with Crippen molar-refractivity contribution in [2.75, 3.05) is 25.1 Å². The third kappa shape index (κ3) is 5.89. The van der Waals surface area contributed by atoms with Crippen molar-refractivity contribution >= 4 is 58.1 Å². The first-order valence-corrected chi connectivity index (χ1v) is 11.4. The average molecular weight is 505 g/mol. The van der Waals surface area contributed by atoms with Crippen LogP contribution >= 0.6 is 23.4 Å². The molecular weight excluding hydrogens is 484 g/mol. The predicted molar refractivity (Wildman–Crippen MR) is 128 cm³/mol. The standard InChI is InChI=1S/C23H21ClN2O7S/c1-3-32-18-9-13(5-8-17(18)27)10-19-21(29)26(23(31)34-19)12-20(28)25-14-6-7-16(24)15(11-14)22(30)33-4-2/h5-11,27H,3-4,12H2,1-2H3,(H,25,28)/b19-10+. The Hall–Kier alpha value is -3.50. The first-order chi connectivity index (χ1) is 16.2. The molecule has 2 aromatic carbocycles. The van der Waals surface area contributed by atoms with Gasteiger partial charge >= 0.3 is 5.97 Å². The molecule has 11 heteroatoms. The SMILES string of the molecule is CCOC(=O)c1cc(NC(=O)CN2C(=O)S/C(=C/c3ccc(O)c(OCC)c3)C2=O)ccc1Cl. The fourth-order valence-corrected chi connectivity index (χ4v) is 4.02. The van der Waals surface area contributed by atoms with E-state index in [1.807, 2.05) is 0 Å². The number of phenols is 1. The molecule has 9 nitrogen and oxygen atoms in total. The number of hydrogen-bond acceptors (Lipinski definition) is 8. The van der Waals surface area contributed by atoms with Crippen molar-refractivity contribution in [2.24, 2.45) is 0 Å². The van der Waals surface area contributed by atoms with E-state index in [-0.39, 0.29) is 39.3 Å². The van der Waals surface area contributed by atoms with Gasteiger partial charge in [0.25, 0.3) is 11.1 Å². The Kier molecular flexibility index (Phi) is 8.19. The van der Waals surface area contributed by atoms with E-state index in [2.05, 4.69) is 5.32 Å². The number of aromatic hydroxyl groups is 1. The molecule has 0 aromatic heterocycles. The fourth-order valence-electron chi connectivity index (χ4n) is 2.99. The van der Waals surface area contributed by atoms with Gasteiger partial charge in [-0.3, -0.25) is 19.3 Å². The second kappa shape index (κ2) is 11.1. The van der Waals surface area contributed by atoms with E-state index in [4.69, 9.17) is 21.1 Å².